The molecule has 0 bridgehead atoms. The van der Waals surface area contributed by atoms with Gasteiger partial charge in [0.25, 0.3) is 5.56 Å². The summed E-state index contributed by atoms with van der Waals surface area (Å²) < 4.78 is 42.6. The van der Waals surface area contributed by atoms with E-state index in [0.29, 0.717) is 11.5 Å². The Morgan fingerprint density at radius 3 is 2.25 bits per heavy atom. The van der Waals surface area contributed by atoms with Gasteiger partial charge in [-0.1, -0.05) is 41.9 Å². The van der Waals surface area contributed by atoms with E-state index in [1.165, 1.54) is 36.4 Å². The zero-order valence-electron chi connectivity index (χ0n) is 18.8. The van der Waals surface area contributed by atoms with Crippen LogP contribution >= 0.6 is 11.6 Å². The van der Waals surface area contributed by atoms with Crippen LogP contribution in [0.15, 0.2) is 94.6 Å². The van der Waals surface area contributed by atoms with E-state index in [1.807, 2.05) is 6.07 Å². The highest BCUT2D eigenvalue weighted by Crippen LogP contribution is 2.26. The highest BCUT2D eigenvalue weighted by molar-refractivity contribution is 7.87. The molecule has 0 aliphatic rings. The average Bonchev–Trinajstić information content (AvgIpc) is 2.86. The molecule has 0 spiro atoms. The second-order valence-corrected chi connectivity index (χ2v) is 9.16. The Morgan fingerprint density at radius 2 is 1.58 bits per heavy atom. The molecule has 0 aliphatic heterocycles. The van der Waals surface area contributed by atoms with Crippen molar-refractivity contribution in [3.8, 4) is 22.9 Å². The van der Waals surface area contributed by atoms with Crippen molar-refractivity contribution in [2.45, 2.75) is 11.8 Å². The molecule has 3 aromatic carbocycles. The van der Waals surface area contributed by atoms with Gasteiger partial charge in [-0.25, -0.2) is 4.79 Å². The number of aromatic nitrogens is 2. The Kier molecular flexibility index (Phi) is 7.37. The minimum atomic E-state index is -4.45. The van der Waals surface area contributed by atoms with Crippen LogP contribution in [-0.2, 0) is 14.9 Å². The van der Waals surface area contributed by atoms with Crippen molar-refractivity contribution in [3.05, 3.63) is 106 Å². The van der Waals surface area contributed by atoms with Gasteiger partial charge in [0, 0.05) is 0 Å². The van der Waals surface area contributed by atoms with Crippen LogP contribution in [0.3, 0.4) is 0 Å². The molecule has 11 heteroatoms. The fourth-order valence-corrected chi connectivity index (χ4v) is 4.25. The van der Waals surface area contributed by atoms with Crippen molar-refractivity contribution >= 4 is 27.7 Å². The molecular weight excluding hydrogens is 508 g/mol. The Labute approximate surface area is 211 Å². The molecule has 0 saturated carbocycles. The molecule has 1 aromatic heterocycles. The van der Waals surface area contributed by atoms with Gasteiger partial charge >= 0.3 is 16.1 Å². The summed E-state index contributed by atoms with van der Waals surface area (Å²) in [6.07, 6.45) is 0. The van der Waals surface area contributed by atoms with Gasteiger partial charge in [0.2, 0.25) is 5.69 Å². The van der Waals surface area contributed by atoms with Crippen LogP contribution in [0.4, 0.5) is 0 Å². The van der Waals surface area contributed by atoms with Gasteiger partial charge in [-0.2, -0.15) is 18.2 Å². The molecule has 184 valence electrons. The van der Waals surface area contributed by atoms with Crippen molar-refractivity contribution in [1.29, 1.82) is 0 Å². The van der Waals surface area contributed by atoms with Crippen molar-refractivity contribution in [2.75, 3.05) is 6.61 Å². The van der Waals surface area contributed by atoms with Crippen LogP contribution in [0.1, 0.15) is 17.4 Å². The number of carbonyl (C=O) groups is 1. The number of carbonyl (C=O) groups excluding carboxylic acids is 1. The fourth-order valence-electron chi connectivity index (χ4n) is 3.11. The zero-order chi connectivity index (χ0) is 25.7. The molecular formula is C25H19ClN2O7S. The molecule has 4 rings (SSSR count). The number of benzene rings is 3. The molecule has 0 atom stereocenters. The lowest BCUT2D eigenvalue weighted by Gasteiger charge is -2.13. The van der Waals surface area contributed by atoms with Gasteiger partial charge in [0.1, 0.15) is 16.4 Å². The maximum absolute atomic E-state index is 13.0. The predicted octanol–water partition coefficient (Wildman–Crippen LogP) is 4.62. The van der Waals surface area contributed by atoms with E-state index in [0.717, 1.165) is 10.7 Å². The van der Waals surface area contributed by atoms with Gasteiger partial charge in [0.05, 0.1) is 23.4 Å². The molecule has 0 radical (unpaired) electrons. The summed E-state index contributed by atoms with van der Waals surface area (Å²) in [5.41, 5.74) is -1.09. The number of rotatable bonds is 8. The van der Waals surface area contributed by atoms with Gasteiger partial charge in [-0.05, 0) is 55.5 Å². The van der Waals surface area contributed by atoms with E-state index < -0.39 is 33.1 Å². The Balaban J connectivity index is 1.67. The van der Waals surface area contributed by atoms with Gasteiger partial charge in [-0.3, -0.25) is 4.79 Å². The van der Waals surface area contributed by atoms with Crippen molar-refractivity contribution in [2.24, 2.45) is 0 Å². The lowest BCUT2D eigenvalue weighted by molar-refractivity contribution is 0.0515. The van der Waals surface area contributed by atoms with Crippen LogP contribution in [0.2, 0.25) is 5.02 Å². The summed E-state index contributed by atoms with van der Waals surface area (Å²) in [5, 5.41) is 4.19. The zero-order valence-corrected chi connectivity index (χ0v) is 20.4. The summed E-state index contributed by atoms with van der Waals surface area (Å²) >= 11 is 6.16. The molecule has 0 fully saturated rings. The number of nitrogens with zero attached hydrogens (tertiary/aromatic N) is 2. The highest BCUT2D eigenvalue weighted by atomic mass is 35.5. The van der Waals surface area contributed by atoms with Crippen molar-refractivity contribution < 1.29 is 26.9 Å². The van der Waals surface area contributed by atoms with E-state index >= 15 is 0 Å². The second kappa shape index (κ2) is 10.6. The standard InChI is InChI=1S/C25H19ClN2O7S/c1-2-33-25(30)24-22(16-23(29)28(27-24)21-11-7-6-10-20(21)26)35-36(31,32)19-14-12-18(13-15-19)34-17-8-4-3-5-9-17/h3-16H,2H2,1H3. The first-order valence-corrected chi connectivity index (χ1v) is 12.4. The molecule has 0 unspecified atom stereocenters. The molecule has 0 N–H and O–H groups in total. The van der Waals surface area contributed by atoms with Gasteiger partial charge in [0.15, 0.2) is 5.75 Å². The number of halogens is 1. The van der Waals surface area contributed by atoms with Crippen LogP contribution < -0.4 is 14.5 Å². The van der Waals surface area contributed by atoms with E-state index in [2.05, 4.69) is 5.10 Å². The lowest BCUT2D eigenvalue weighted by atomic mass is 10.3. The quantitative estimate of drug-likeness (QED) is 0.241. The predicted molar refractivity (Wildman–Crippen MR) is 132 cm³/mol. The van der Waals surface area contributed by atoms with E-state index in [4.69, 9.17) is 25.3 Å². The molecule has 1 heterocycles. The first-order valence-electron chi connectivity index (χ1n) is 10.6. The van der Waals surface area contributed by atoms with Gasteiger partial charge < -0.3 is 13.7 Å². The fraction of sp³-hybridized carbons (Fsp3) is 0.0800. The summed E-state index contributed by atoms with van der Waals surface area (Å²) in [4.78, 5) is 25.1. The molecule has 4 aromatic rings. The van der Waals surface area contributed by atoms with Crippen LogP contribution in [0.5, 0.6) is 17.2 Å². The van der Waals surface area contributed by atoms with Crippen LogP contribution in [-0.4, -0.2) is 30.8 Å². The number of hydrogen-bond acceptors (Lipinski definition) is 8. The molecule has 0 amide bonds. The normalized spacial score (nSPS) is 11.1. The number of para-hydroxylation sites is 2. The lowest BCUT2D eigenvalue weighted by Crippen LogP contribution is -2.26. The van der Waals surface area contributed by atoms with E-state index in [9.17, 15) is 18.0 Å². The third-order valence-corrected chi connectivity index (χ3v) is 6.31. The van der Waals surface area contributed by atoms with E-state index in [1.54, 1.807) is 43.3 Å². The first kappa shape index (κ1) is 25.0. The maximum atomic E-state index is 13.0. The van der Waals surface area contributed by atoms with Gasteiger partial charge in [-0.15, -0.1) is 0 Å². The maximum Gasteiger partial charge on any atom is 0.362 e. The summed E-state index contributed by atoms with van der Waals surface area (Å²) in [5.74, 6) is -0.577. The highest BCUT2D eigenvalue weighted by Gasteiger charge is 2.26. The summed E-state index contributed by atoms with van der Waals surface area (Å²) in [6.45, 7) is 1.55. The summed E-state index contributed by atoms with van der Waals surface area (Å²) in [6, 6.07) is 21.6. The van der Waals surface area contributed by atoms with Crippen molar-refractivity contribution in [3.63, 3.8) is 0 Å². The monoisotopic (exact) mass is 526 g/mol. The minimum Gasteiger partial charge on any atom is -0.461 e. The molecule has 9 nitrogen and oxygen atoms in total. The third-order valence-electron chi connectivity index (χ3n) is 4.74. The minimum absolute atomic E-state index is 0.0131. The SMILES string of the molecule is CCOC(=O)c1nn(-c2ccccc2Cl)c(=O)cc1OS(=O)(=O)c1ccc(Oc2ccccc2)cc1. The molecule has 36 heavy (non-hydrogen) atoms. The largest absolute Gasteiger partial charge is 0.461 e. The number of esters is 1. The number of hydrogen-bond donors (Lipinski definition) is 0. The Morgan fingerprint density at radius 1 is 0.944 bits per heavy atom. The van der Waals surface area contributed by atoms with Crippen LogP contribution in [0, 0.1) is 0 Å². The average molecular weight is 527 g/mol. The smallest absolute Gasteiger partial charge is 0.362 e. The van der Waals surface area contributed by atoms with E-state index in [-0.39, 0.29) is 22.2 Å². The third kappa shape index (κ3) is 5.56. The topological polar surface area (TPSA) is 114 Å². The molecule has 0 aliphatic carbocycles. The van der Waals surface area contributed by atoms with Crippen molar-refractivity contribution in [1.82, 2.24) is 9.78 Å². The Bertz CT molecular complexity index is 1550. The Hall–Kier alpha value is -4.15. The first-order chi connectivity index (χ1) is 17.3. The second-order valence-electron chi connectivity index (χ2n) is 7.20. The van der Waals surface area contributed by atoms with Crippen LogP contribution in [0.25, 0.3) is 5.69 Å². The number of ether oxygens (including phenoxy) is 2. The summed E-state index contributed by atoms with van der Waals surface area (Å²) in [7, 11) is -4.45. The molecule has 0 saturated heterocycles.